The lowest BCUT2D eigenvalue weighted by Gasteiger charge is -2.43. The molecular formula is C19H22ClN3O2. The van der Waals surface area contributed by atoms with Gasteiger partial charge in [-0.1, -0.05) is 11.6 Å². The highest BCUT2D eigenvalue weighted by molar-refractivity contribution is 6.31. The summed E-state index contributed by atoms with van der Waals surface area (Å²) in [6.07, 6.45) is 5.12. The summed E-state index contributed by atoms with van der Waals surface area (Å²) >= 11 is 6.22. The number of hydrogen-bond acceptors (Lipinski definition) is 3. The number of amides is 1. The fraction of sp³-hybridized carbons (Fsp3) is 0.579. The third-order valence-electron chi connectivity index (χ3n) is 6.52. The summed E-state index contributed by atoms with van der Waals surface area (Å²) in [6, 6.07) is 3.77. The van der Waals surface area contributed by atoms with Crippen LogP contribution in [-0.4, -0.2) is 38.8 Å². The van der Waals surface area contributed by atoms with Gasteiger partial charge in [-0.2, -0.15) is 5.10 Å². The van der Waals surface area contributed by atoms with Crippen molar-refractivity contribution in [2.24, 2.45) is 11.8 Å². The van der Waals surface area contributed by atoms with E-state index < -0.39 is 11.6 Å². The van der Waals surface area contributed by atoms with E-state index in [4.69, 9.17) is 11.6 Å². The van der Waals surface area contributed by atoms with Gasteiger partial charge in [0.2, 0.25) is 5.91 Å². The molecule has 0 bridgehead atoms. The highest BCUT2D eigenvalue weighted by Gasteiger charge is 2.51. The topological polar surface area (TPSA) is 58.4 Å². The van der Waals surface area contributed by atoms with Crippen molar-refractivity contribution in [3.8, 4) is 0 Å². The van der Waals surface area contributed by atoms with Gasteiger partial charge < -0.3 is 10.0 Å². The molecule has 3 heterocycles. The molecule has 0 spiro atoms. The second kappa shape index (κ2) is 5.21. The Morgan fingerprint density at radius 3 is 2.68 bits per heavy atom. The Kier molecular flexibility index (Phi) is 3.26. The number of halogens is 1. The smallest absolute Gasteiger partial charge is 0.225 e. The largest absolute Gasteiger partial charge is 0.386 e. The summed E-state index contributed by atoms with van der Waals surface area (Å²) in [5, 5.41) is 17.3. The minimum atomic E-state index is -0.618. The second-order valence-corrected chi connectivity index (χ2v) is 8.43. The van der Waals surface area contributed by atoms with E-state index in [1.54, 1.807) is 0 Å². The highest BCUT2D eigenvalue weighted by atomic mass is 35.5. The number of aliphatic hydroxyl groups excluding tert-OH is 1. The van der Waals surface area contributed by atoms with Crippen LogP contribution in [0.2, 0.25) is 5.02 Å². The molecule has 5 nitrogen and oxygen atoms in total. The Hall–Kier alpha value is -1.59. The van der Waals surface area contributed by atoms with E-state index in [9.17, 15) is 9.90 Å². The Labute approximate surface area is 151 Å². The number of aromatic nitrogens is 2. The lowest BCUT2D eigenvalue weighted by molar-refractivity contribution is -0.135. The lowest BCUT2D eigenvalue weighted by atomic mass is 9.75. The molecule has 1 aromatic heterocycles. The molecule has 2 aromatic rings. The van der Waals surface area contributed by atoms with E-state index in [0.29, 0.717) is 10.9 Å². The summed E-state index contributed by atoms with van der Waals surface area (Å²) < 4.78 is 2.00. The van der Waals surface area contributed by atoms with Gasteiger partial charge >= 0.3 is 0 Å². The van der Waals surface area contributed by atoms with Gasteiger partial charge in [0.1, 0.15) is 6.10 Å². The third kappa shape index (κ3) is 2.12. The van der Waals surface area contributed by atoms with Crippen LogP contribution in [0.5, 0.6) is 0 Å². The molecule has 5 rings (SSSR count). The van der Waals surface area contributed by atoms with Gasteiger partial charge in [0, 0.05) is 35.0 Å². The van der Waals surface area contributed by atoms with E-state index in [1.807, 2.05) is 27.9 Å². The Morgan fingerprint density at radius 2 is 2.00 bits per heavy atom. The Balaban J connectivity index is 1.45. The predicted molar refractivity (Wildman–Crippen MR) is 95.4 cm³/mol. The van der Waals surface area contributed by atoms with Crippen LogP contribution in [0.3, 0.4) is 0 Å². The van der Waals surface area contributed by atoms with Crippen LogP contribution in [0.1, 0.15) is 44.3 Å². The summed E-state index contributed by atoms with van der Waals surface area (Å²) in [6.45, 7) is 3.66. The van der Waals surface area contributed by atoms with E-state index in [0.717, 1.165) is 55.2 Å². The first-order valence-corrected chi connectivity index (χ1v) is 9.52. The highest BCUT2D eigenvalue weighted by Crippen LogP contribution is 2.51. The van der Waals surface area contributed by atoms with E-state index in [1.165, 1.54) is 0 Å². The maximum absolute atomic E-state index is 12.3. The molecule has 2 fully saturated rings. The number of hydrogen-bond donors (Lipinski definition) is 1. The zero-order chi connectivity index (χ0) is 17.3. The van der Waals surface area contributed by atoms with Crippen molar-refractivity contribution in [3.63, 3.8) is 0 Å². The molecule has 132 valence electrons. The number of rotatable bonds is 2. The summed E-state index contributed by atoms with van der Waals surface area (Å²) in [4.78, 5) is 14.3. The molecule has 1 aromatic carbocycles. The minimum absolute atomic E-state index is 0.278. The van der Waals surface area contributed by atoms with Crippen LogP contribution in [0.15, 0.2) is 18.3 Å². The van der Waals surface area contributed by atoms with Crippen molar-refractivity contribution in [1.29, 1.82) is 0 Å². The van der Waals surface area contributed by atoms with Crippen LogP contribution in [0, 0.1) is 11.8 Å². The van der Waals surface area contributed by atoms with Crippen LogP contribution >= 0.6 is 11.6 Å². The van der Waals surface area contributed by atoms with Crippen molar-refractivity contribution in [3.05, 3.63) is 28.9 Å². The fourth-order valence-corrected chi connectivity index (χ4v) is 5.07. The van der Waals surface area contributed by atoms with E-state index in [2.05, 4.69) is 12.0 Å². The molecule has 3 aliphatic rings. The van der Waals surface area contributed by atoms with Crippen LogP contribution in [-0.2, 0) is 10.3 Å². The summed E-state index contributed by atoms with van der Waals surface area (Å²) in [5.74, 6) is 0.883. The van der Waals surface area contributed by atoms with Gasteiger partial charge in [0.05, 0.1) is 17.3 Å². The Morgan fingerprint density at radius 1 is 1.28 bits per heavy atom. The average molecular weight is 360 g/mol. The molecular weight excluding hydrogens is 338 g/mol. The third-order valence-corrected chi connectivity index (χ3v) is 6.74. The normalized spacial score (nSPS) is 29.6. The molecule has 0 radical (unpaired) electrons. The minimum Gasteiger partial charge on any atom is -0.386 e. The van der Waals surface area contributed by atoms with Gasteiger partial charge in [0.25, 0.3) is 0 Å². The van der Waals surface area contributed by atoms with E-state index in [-0.39, 0.29) is 11.8 Å². The number of carbonyl (C=O) groups is 1. The van der Waals surface area contributed by atoms with Crippen LogP contribution in [0.25, 0.3) is 10.9 Å². The zero-order valence-corrected chi connectivity index (χ0v) is 15.0. The molecule has 1 saturated carbocycles. The van der Waals surface area contributed by atoms with Crippen molar-refractivity contribution >= 4 is 28.4 Å². The van der Waals surface area contributed by atoms with Gasteiger partial charge in [-0.15, -0.1) is 0 Å². The van der Waals surface area contributed by atoms with Gasteiger partial charge in [-0.25, -0.2) is 0 Å². The summed E-state index contributed by atoms with van der Waals surface area (Å²) in [7, 11) is 0. The average Bonchev–Trinajstić information content (AvgIpc) is 3.34. The predicted octanol–water partition coefficient (Wildman–Crippen LogP) is 3.10. The number of carbonyl (C=O) groups excluding carboxylic acids is 1. The van der Waals surface area contributed by atoms with Gasteiger partial charge in [-0.3, -0.25) is 9.48 Å². The number of benzene rings is 1. The molecule has 1 saturated heterocycles. The van der Waals surface area contributed by atoms with Crippen molar-refractivity contribution in [2.45, 2.75) is 44.2 Å². The van der Waals surface area contributed by atoms with Crippen molar-refractivity contribution in [2.75, 3.05) is 13.1 Å². The molecule has 1 unspecified atom stereocenters. The number of nitrogens with zero attached hydrogens (tertiary/aromatic N) is 3. The molecule has 1 amide bonds. The first kappa shape index (κ1) is 15.6. The molecule has 6 heteroatoms. The molecule has 2 aliphatic heterocycles. The second-order valence-electron chi connectivity index (χ2n) is 7.99. The first-order valence-electron chi connectivity index (χ1n) is 9.14. The monoisotopic (exact) mass is 359 g/mol. The van der Waals surface area contributed by atoms with Gasteiger partial charge in [-0.05, 0) is 50.7 Å². The SMILES string of the molecule is CC1(C2CCN(C(=O)C3CC3)CC2)[C@@H](O)c2cc(Cl)cc3cnn1c23. The number of piperidine rings is 1. The summed E-state index contributed by atoms with van der Waals surface area (Å²) in [5.41, 5.74) is 1.39. The zero-order valence-electron chi connectivity index (χ0n) is 14.3. The molecule has 2 atom stereocenters. The quantitative estimate of drug-likeness (QED) is 0.896. The standard InChI is InChI=1S/C19H22ClN3O2/c1-19(13-4-6-22(7-5-13)18(25)11-2-3-11)17(24)15-9-14(20)8-12-10-21-23(19)16(12)15/h8-11,13,17,24H,2-7H2,1H3/t17-,19?/m0/s1. The van der Waals surface area contributed by atoms with Crippen LogP contribution < -0.4 is 0 Å². The number of aliphatic hydroxyl groups is 1. The van der Waals surface area contributed by atoms with Crippen molar-refractivity contribution < 1.29 is 9.90 Å². The molecule has 1 N–H and O–H groups in total. The lowest BCUT2D eigenvalue weighted by Crippen LogP contribution is -2.48. The van der Waals surface area contributed by atoms with Crippen LogP contribution in [0.4, 0.5) is 0 Å². The van der Waals surface area contributed by atoms with Gasteiger partial charge in [0.15, 0.2) is 0 Å². The molecule has 25 heavy (non-hydrogen) atoms. The Bertz CT molecular complexity index is 867. The molecule has 1 aliphatic carbocycles. The maximum Gasteiger partial charge on any atom is 0.225 e. The van der Waals surface area contributed by atoms with E-state index >= 15 is 0 Å². The maximum atomic E-state index is 12.3. The first-order chi connectivity index (χ1) is 12.0. The number of likely N-dealkylation sites (tertiary alicyclic amines) is 1. The fourth-order valence-electron chi connectivity index (χ4n) is 4.84. The van der Waals surface area contributed by atoms with Crippen molar-refractivity contribution in [1.82, 2.24) is 14.7 Å².